The second-order valence-electron chi connectivity index (χ2n) is 5.89. The van der Waals surface area contributed by atoms with E-state index in [0.717, 1.165) is 31.7 Å². The summed E-state index contributed by atoms with van der Waals surface area (Å²) in [6.45, 7) is 6.90. The molecule has 0 aromatic heterocycles. The van der Waals surface area contributed by atoms with Gasteiger partial charge in [-0.1, -0.05) is 0 Å². The molecule has 2 saturated heterocycles. The summed E-state index contributed by atoms with van der Waals surface area (Å²) >= 11 is 0. The Balaban J connectivity index is 1.95. The first-order valence-corrected chi connectivity index (χ1v) is 6.12. The molecule has 0 saturated carbocycles. The third-order valence-corrected chi connectivity index (χ3v) is 3.84. The lowest BCUT2D eigenvalue weighted by atomic mass is 10.1. The smallest absolute Gasteiger partial charge is 0.0718 e. The van der Waals surface area contributed by atoms with E-state index in [1.54, 1.807) is 0 Å². The van der Waals surface area contributed by atoms with Crippen molar-refractivity contribution < 1.29 is 5.11 Å². The number of likely N-dealkylation sites (N-methyl/N-ethyl adjacent to an activating group) is 1. The second kappa shape index (κ2) is 4.04. The molecule has 2 atom stereocenters. The van der Waals surface area contributed by atoms with Gasteiger partial charge in [0.1, 0.15) is 0 Å². The zero-order valence-corrected chi connectivity index (χ0v) is 10.2. The highest BCUT2D eigenvalue weighted by Crippen LogP contribution is 2.28. The van der Waals surface area contributed by atoms with Crippen molar-refractivity contribution in [2.24, 2.45) is 0 Å². The highest BCUT2D eigenvalue weighted by atomic mass is 16.3. The summed E-state index contributed by atoms with van der Waals surface area (Å²) in [5.74, 6) is 0. The average Bonchev–Trinajstić information content (AvgIpc) is 2.31. The second-order valence-corrected chi connectivity index (χ2v) is 5.89. The van der Waals surface area contributed by atoms with Crippen LogP contribution in [-0.4, -0.2) is 59.3 Å². The minimum atomic E-state index is -0.553. The highest BCUT2D eigenvalue weighted by Gasteiger charge is 2.35. The largest absolute Gasteiger partial charge is 0.389 e. The Morgan fingerprint density at radius 1 is 1.20 bits per heavy atom. The van der Waals surface area contributed by atoms with Crippen LogP contribution < -0.4 is 0 Å². The molecule has 15 heavy (non-hydrogen) atoms. The van der Waals surface area contributed by atoms with Crippen LogP contribution in [0.4, 0.5) is 0 Å². The first-order chi connectivity index (χ1) is 6.96. The maximum Gasteiger partial charge on any atom is 0.0718 e. The lowest BCUT2D eigenvalue weighted by Gasteiger charge is -2.30. The zero-order valence-electron chi connectivity index (χ0n) is 10.2. The van der Waals surface area contributed by atoms with E-state index in [-0.39, 0.29) is 0 Å². The molecular weight excluding hydrogens is 188 g/mol. The van der Waals surface area contributed by atoms with Crippen molar-refractivity contribution in [1.29, 1.82) is 0 Å². The molecule has 0 aliphatic carbocycles. The molecule has 1 N–H and O–H groups in total. The van der Waals surface area contributed by atoms with Crippen LogP contribution in [0.25, 0.3) is 0 Å². The Morgan fingerprint density at radius 2 is 1.87 bits per heavy atom. The van der Waals surface area contributed by atoms with Gasteiger partial charge in [-0.3, -0.25) is 9.80 Å². The molecule has 0 amide bonds. The van der Waals surface area contributed by atoms with Gasteiger partial charge in [-0.2, -0.15) is 0 Å². The molecule has 2 aliphatic rings. The molecule has 2 heterocycles. The third kappa shape index (κ3) is 2.71. The van der Waals surface area contributed by atoms with Crippen LogP contribution in [0.5, 0.6) is 0 Å². The standard InChI is InChI=1S/C12H24N2O/c1-12(2,15)9-14-7-6-10-4-5-11(8-14)13(10)3/h10-11,15H,4-9H2,1-3H3. The molecule has 3 heteroatoms. The summed E-state index contributed by atoms with van der Waals surface area (Å²) in [5.41, 5.74) is -0.553. The Morgan fingerprint density at radius 3 is 2.53 bits per heavy atom. The van der Waals surface area contributed by atoms with E-state index in [0.29, 0.717) is 0 Å². The van der Waals surface area contributed by atoms with Crippen molar-refractivity contribution in [2.45, 2.75) is 50.8 Å². The quantitative estimate of drug-likeness (QED) is 0.737. The summed E-state index contributed by atoms with van der Waals surface area (Å²) in [6, 6.07) is 1.52. The first-order valence-electron chi connectivity index (χ1n) is 6.12. The summed E-state index contributed by atoms with van der Waals surface area (Å²) in [4.78, 5) is 4.98. The van der Waals surface area contributed by atoms with Crippen LogP contribution in [-0.2, 0) is 0 Å². The molecule has 0 aromatic carbocycles. The summed E-state index contributed by atoms with van der Waals surface area (Å²) in [5, 5.41) is 9.84. The molecule has 2 bridgehead atoms. The van der Waals surface area contributed by atoms with Gasteiger partial charge in [-0.25, -0.2) is 0 Å². The minimum absolute atomic E-state index is 0.553. The van der Waals surface area contributed by atoms with E-state index >= 15 is 0 Å². The third-order valence-electron chi connectivity index (χ3n) is 3.84. The van der Waals surface area contributed by atoms with Crippen molar-refractivity contribution in [3.05, 3.63) is 0 Å². The molecular formula is C12H24N2O. The zero-order chi connectivity index (χ0) is 11.1. The van der Waals surface area contributed by atoms with Crippen LogP contribution in [0.15, 0.2) is 0 Å². The number of hydrogen-bond acceptors (Lipinski definition) is 3. The Hall–Kier alpha value is -0.120. The van der Waals surface area contributed by atoms with Crippen molar-refractivity contribution >= 4 is 0 Å². The molecule has 2 rings (SSSR count). The summed E-state index contributed by atoms with van der Waals surface area (Å²) in [6.07, 6.45) is 3.98. The maximum atomic E-state index is 9.84. The topological polar surface area (TPSA) is 26.7 Å². The molecule has 2 aliphatic heterocycles. The lowest BCUT2D eigenvalue weighted by molar-refractivity contribution is 0.0335. The van der Waals surface area contributed by atoms with Gasteiger partial charge in [0.15, 0.2) is 0 Å². The predicted octanol–water partition coefficient (Wildman–Crippen LogP) is 0.926. The maximum absolute atomic E-state index is 9.84. The Bertz CT molecular complexity index is 224. The van der Waals surface area contributed by atoms with E-state index in [2.05, 4.69) is 16.8 Å². The van der Waals surface area contributed by atoms with Crippen molar-refractivity contribution in [3.63, 3.8) is 0 Å². The minimum Gasteiger partial charge on any atom is -0.389 e. The van der Waals surface area contributed by atoms with Gasteiger partial charge in [-0.15, -0.1) is 0 Å². The number of nitrogens with zero attached hydrogens (tertiary/aromatic N) is 2. The number of hydrogen-bond donors (Lipinski definition) is 1. The fourth-order valence-electron chi connectivity index (χ4n) is 3.07. The number of fused-ring (bicyclic) bond motifs is 2. The Labute approximate surface area is 93.1 Å². The van der Waals surface area contributed by atoms with Crippen molar-refractivity contribution in [2.75, 3.05) is 26.7 Å². The Kier molecular flexibility index (Phi) is 3.06. The molecule has 2 fully saturated rings. The van der Waals surface area contributed by atoms with Gasteiger partial charge in [-0.05, 0) is 46.7 Å². The molecule has 88 valence electrons. The van der Waals surface area contributed by atoms with E-state index in [4.69, 9.17) is 0 Å². The number of β-amino-alcohol motifs (C(OH)–C–C–N with tert-alkyl or cyclic N) is 1. The van der Waals surface area contributed by atoms with Gasteiger partial charge in [0, 0.05) is 25.2 Å². The molecule has 2 unspecified atom stereocenters. The van der Waals surface area contributed by atoms with Gasteiger partial charge in [0.25, 0.3) is 0 Å². The number of aliphatic hydroxyl groups is 1. The fourth-order valence-corrected chi connectivity index (χ4v) is 3.07. The fraction of sp³-hybridized carbons (Fsp3) is 1.00. The lowest BCUT2D eigenvalue weighted by Crippen LogP contribution is -2.43. The normalized spacial score (nSPS) is 34.4. The SMILES string of the molecule is CN1C2CCC1CN(CC(C)(C)O)CC2. The monoisotopic (exact) mass is 212 g/mol. The van der Waals surface area contributed by atoms with E-state index in [1.807, 2.05) is 13.8 Å². The van der Waals surface area contributed by atoms with Crippen LogP contribution in [0.1, 0.15) is 33.1 Å². The van der Waals surface area contributed by atoms with E-state index in [1.165, 1.54) is 19.3 Å². The van der Waals surface area contributed by atoms with Gasteiger partial charge in [0.05, 0.1) is 5.60 Å². The molecule has 3 nitrogen and oxygen atoms in total. The van der Waals surface area contributed by atoms with Gasteiger partial charge >= 0.3 is 0 Å². The predicted molar refractivity (Wildman–Crippen MR) is 61.9 cm³/mol. The van der Waals surface area contributed by atoms with Crippen LogP contribution in [0, 0.1) is 0 Å². The van der Waals surface area contributed by atoms with Crippen LogP contribution >= 0.6 is 0 Å². The van der Waals surface area contributed by atoms with Crippen LogP contribution in [0.2, 0.25) is 0 Å². The van der Waals surface area contributed by atoms with E-state index < -0.39 is 5.60 Å². The van der Waals surface area contributed by atoms with E-state index in [9.17, 15) is 5.11 Å². The van der Waals surface area contributed by atoms with Crippen LogP contribution in [0.3, 0.4) is 0 Å². The summed E-state index contributed by atoms with van der Waals surface area (Å²) in [7, 11) is 2.26. The molecule has 0 aromatic rings. The first kappa shape index (κ1) is 11.4. The number of likely N-dealkylation sites (tertiary alicyclic amines) is 1. The van der Waals surface area contributed by atoms with Gasteiger partial charge in [0.2, 0.25) is 0 Å². The average molecular weight is 212 g/mol. The number of rotatable bonds is 2. The summed E-state index contributed by atoms with van der Waals surface area (Å²) < 4.78 is 0. The molecule has 0 radical (unpaired) electrons. The van der Waals surface area contributed by atoms with Crippen molar-refractivity contribution in [3.8, 4) is 0 Å². The molecule has 0 spiro atoms. The highest BCUT2D eigenvalue weighted by molar-refractivity contribution is 4.92. The van der Waals surface area contributed by atoms with Gasteiger partial charge < -0.3 is 5.11 Å². The van der Waals surface area contributed by atoms with Crippen molar-refractivity contribution in [1.82, 2.24) is 9.80 Å².